The van der Waals surface area contributed by atoms with Crippen LogP contribution < -0.4 is 10.2 Å². The van der Waals surface area contributed by atoms with Gasteiger partial charge in [0.2, 0.25) is 0 Å². The third kappa shape index (κ3) is 5.28. The standard InChI is InChI=1S/C27H33N5O/c1-21-18-26-31(14-5-15-32(26)29-21)20-23-8-10-24(11-9-23)27(33)28-25-12-16-30(17-13-25)19-22-6-3-2-4-7-22/h2-4,6-11,18,25H,5,12-17,19-20H2,1H3,(H,28,33). The van der Waals surface area contributed by atoms with Crippen LogP contribution in [0.25, 0.3) is 0 Å². The highest BCUT2D eigenvalue weighted by Crippen LogP contribution is 2.23. The Morgan fingerprint density at radius 3 is 2.42 bits per heavy atom. The fourth-order valence-corrected chi connectivity index (χ4v) is 4.96. The molecule has 1 N–H and O–H groups in total. The minimum absolute atomic E-state index is 0.0368. The fourth-order valence-electron chi connectivity index (χ4n) is 4.96. The van der Waals surface area contributed by atoms with Gasteiger partial charge < -0.3 is 10.2 Å². The molecular formula is C27H33N5O. The number of rotatable bonds is 6. The van der Waals surface area contributed by atoms with Crippen molar-refractivity contribution in [1.82, 2.24) is 20.0 Å². The monoisotopic (exact) mass is 443 g/mol. The van der Waals surface area contributed by atoms with E-state index in [2.05, 4.69) is 73.4 Å². The minimum Gasteiger partial charge on any atom is -0.352 e. The van der Waals surface area contributed by atoms with E-state index in [-0.39, 0.29) is 11.9 Å². The Morgan fingerprint density at radius 2 is 1.67 bits per heavy atom. The molecular weight excluding hydrogens is 410 g/mol. The summed E-state index contributed by atoms with van der Waals surface area (Å²) in [5, 5.41) is 7.83. The molecule has 6 heteroatoms. The number of hydrogen-bond acceptors (Lipinski definition) is 4. The summed E-state index contributed by atoms with van der Waals surface area (Å²) in [6, 6.07) is 21.1. The summed E-state index contributed by atoms with van der Waals surface area (Å²) < 4.78 is 2.10. The van der Waals surface area contributed by atoms with Crippen LogP contribution in [0.3, 0.4) is 0 Å². The molecule has 0 aliphatic carbocycles. The Bertz CT molecular complexity index is 1070. The zero-order valence-corrected chi connectivity index (χ0v) is 19.4. The van der Waals surface area contributed by atoms with Crippen LogP contribution in [0.2, 0.25) is 0 Å². The summed E-state index contributed by atoms with van der Waals surface area (Å²) in [4.78, 5) is 17.7. The quantitative estimate of drug-likeness (QED) is 0.626. The van der Waals surface area contributed by atoms with Gasteiger partial charge in [0.15, 0.2) is 0 Å². The van der Waals surface area contributed by atoms with Crippen molar-refractivity contribution in [2.45, 2.75) is 51.9 Å². The molecule has 1 aromatic heterocycles. The number of piperidine rings is 1. The van der Waals surface area contributed by atoms with E-state index in [1.807, 2.05) is 19.1 Å². The number of carbonyl (C=O) groups excluding carboxylic acids is 1. The van der Waals surface area contributed by atoms with Crippen LogP contribution in [0.4, 0.5) is 5.82 Å². The van der Waals surface area contributed by atoms with Gasteiger partial charge in [0.1, 0.15) is 5.82 Å². The van der Waals surface area contributed by atoms with Gasteiger partial charge in [-0.05, 0) is 49.4 Å². The lowest BCUT2D eigenvalue weighted by molar-refractivity contribution is 0.0909. The molecule has 172 valence electrons. The Labute approximate surface area is 196 Å². The minimum atomic E-state index is 0.0368. The van der Waals surface area contributed by atoms with Crippen molar-refractivity contribution in [2.75, 3.05) is 24.5 Å². The van der Waals surface area contributed by atoms with E-state index < -0.39 is 0 Å². The van der Waals surface area contributed by atoms with Crippen LogP contribution in [-0.2, 0) is 19.6 Å². The summed E-state index contributed by atoms with van der Waals surface area (Å²) >= 11 is 0. The van der Waals surface area contributed by atoms with Crippen molar-refractivity contribution in [3.8, 4) is 0 Å². The number of fused-ring (bicyclic) bond motifs is 1. The number of carbonyl (C=O) groups is 1. The lowest BCUT2D eigenvalue weighted by Crippen LogP contribution is -2.44. The number of aryl methyl sites for hydroxylation is 2. The van der Waals surface area contributed by atoms with Gasteiger partial charge in [0, 0.05) is 56.9 Å². The summed E-state index contributed by atoms with van der Waals surface area (Å²) in [6.45, 7) is 7.94. The van der Waals surface area contributed by atoms with E-state index in [4.69, 9.17) is 0 Å². The predicted molar refractivity (Wildman–Crippen MR) is 131 cm³/mol. The first kappa shape index (κ1) is 21.7. The molecule has 1 fully saturated rings. The molecule has 0 atom stereocenters. The molecule has 0 bridgehead atoms. The molecule has 2 aliphatic rings. The number of benzene rings is 2. The summed E-state index contributed by atoms with van der Waals surface area (Å²) in [5.74, 6) is 1.23. The van der Waals surface area contributed by atoms with Crippen molar-refractivity contribution in [3.05, 3.63) is 83.0 Å². The number of likely N-dealkylation sites (tertiary alicyclic amines) is 1. The van der Waals surface area contributed by atoms with Crippen molar-refractivity contribution in [1.29, 1.82) is 0 Å². The summed E-state index contributed by atoms with van der Waals surface area (Å²) in [5.41, 5.74) is 4.37. The van der Waals surface area contributed by atoms with Gasteiger partial charge in [-0.3, -0.25) is 9.69 Å². The highest BCUT2D eigenvalue weighted by molar-refractivity contribution is 5.94. The highest BCUT2D eigenvalue weighted by Gasteiger charge is 2.22. The van der Waals surface area contributed by atoms with Gasteiger partial charge >= 0.3 is 0 Å². The van der Waals surface area contributed by atoms with Gasteiger partial charge in [-0.2, -0.15) is 5.10 Å². The maximum Gasteiger partial charge on any atom is 0.251 e. The molecule has 2 aromatic carbocycles. The topological polar surface area (TPSA) is 53.4 Å². The average Bonchev–Trinajstić information content (AvgIpc) is 3.23. The van der Waals surface area contributed by atoms with E-state index in [0.29, 0.717) is 0 Å². The Morgan fingerprint density at radius 1 is 0.939 bits per heavy atom. The maximum absolute atomic E-state index is 12.8. The number of amides is 1. The van der Waals surface area contributed by atoms with Crippen molar-refractivity contribution in [3.63, 3.8) is 0 Å². The second-order valence-electron chi connectivity index (χ2n) is 9.35. The third-order valence-electron chi connectivity index (χ3n) is 6.76. The van der Waals surface area contributed by atoms with E-state index in [1.54, 1.807) is 0 Å². The summed E-state index contributed by atoms with van der Waals surface area (Å²) in [6.07, 6.45) is 3.11. The first-order chi connectivity index (χ1) is 16.1. The molecule has 0 saturated carbocycles. The molecule has 2 aliphatic heterocycles. The van der Waals surface area contributed by atoms with E-state index in [1.165, 1.54) is 16.9 Å². The molecule has 0 spiro atoms. The molecule has 0 radical (unpaired) electrons. The number of nitrogens with zero attached hydrogens (tertiary/aromatic N) is 4. The van der Waals surface area contributed by atoms with Crippen molar-refractivity contribution >= 4 is 11.7 Å². The van der Waals surface area contributed by atoms with Crippen LogP contribution in [0.15, 0.2) is 60.7 Å². The van der Waals surface area contributed by atoms with Crippen LogP contribution in [0.1, 0.15) is 46.4 Å². The third-order valence-corrected chi connectivity index (χ3v) is 6.76. The first-order valence-corrected chi connectivity index (χ1v) is 12.1. The number of hydrogen-bond donors (Lipinski definition) is 1. The predicted octanol–water partition coefficient (Wildman–Crippen LogP) is 4.00. The van der Waals surface area contributed by atoms with E-state index in [0.717, 1.165) is 69.8 Å². The Balaban J connectivity index is 1.12. The smallest absolute Gasteiger partial charge is 0.251 e. The van der Waals surface area contributed by atoms with Gasteiger partial charge in [-0.1, -0.05) is 42.5 Å². The molecule has 3 aromatic rings. The molecule has 3 heterocycles. The van der Waals surface area contributed by atoms with Crippen LogP contribution in [0.5, 0.6) is 0 Å². The second kappa shape index (κ2) is 9.79. The zero-order valence-electron chi connectivity index (χ0n) is 19.4. The largest absolute Gasteiger partial charge is 0.352 e. The van der Waals surface area contributed by atoms with Gasteiger partial charge in [-0.15, -0.1) is 0 Å². The van der Waals surface area contributed by atoms with Gasteiger partial charge in [-0.25, -0.2) is 4.68 Å². The molecule has 0 unspecified atom stereocenters. The lowest BCUT2D eigenvalue weighted by atomic mass is 10.0. The normalized spacial score (nSPS) is 17.1. The number of aromatic nitrogens is 2. The van der Waals surface area contributed by atoms with E-state index in [9.17, 15) is 4.79 Å². The van der Waals surface area contributed by atoms with Crippen LogP contribution in [0, 0.1) is 6.92 Å². The first-order valence-electron chi connectivity index (χ1n) is 12.1. The Kier molecular flexibility index (Phi) is 6.44. The zero-order chi connectivity index (χ0) is 22.6. The Hall–Kier alpha value is -3.12. The molecule has 5 rings (SSSR count). The SMILES string of the molecule is Cc1cc2n(n1)CCCN2Cc1ccc(C(=O)NC2CCN(Cc3ccccc3)CC2)cc1. The van der Waals surface area contributed by atoms with Gasteiger partial charge in [0.05, 0.1) is 5.69 Å². The average molecular weight is 444 g/mol. The lowest BCUT2D eigenvalue weighted by Gasteiger charge is -2.32. The summed E-state index contributed by atoms with van der Waals surface area (Å²) in [7, 11) is 0. The van der Waals surface area contributed by atoms with Crippen molar-refractivity contribution in [2.24, 2.45) is 0 Å². The number of anilines is 1. The van der Waals surface area contributed by atoms with E-state index >= 15 is 0 Å². The second-order valence-corrected chi connectivity index (χ2v) is 9.35. The maximum atomic E-state index is 12.8. The van der Waals surface area contributed by atoms with Gasteiger partial charge in [0.25, 0.3) is 5.91 Å². The number of nitrogens with one attached hydrogen (secondary N) is 1. The molecule has 33 heavy (non-hydrogen) atoms. The van der Waals surface area contributed by atoms with Crippen LogP contribution >= 0.6 is 0 Å². The fraction of sp³-hybridized carbons (Fsp3) is 0.407. The molecule has 1 amide bonds. The molecule has 1 saturated heterocycles. The van der Waals surface area contributed by atoms with Crippen LogP contribution in [-0.4, -0.2) is 46.3 Å². The molecule has 6 nitrogen and oxygen atoms in total. The van der Waals surface area contributed by atoms with Crippen molar-refractivity contribution < 1.29 is 4.79 Å². The highest BCUT2D eigenvalue weighted by atomic mass is 16.1.